The number of hydrogen-bond donors (Lipinski definition) is 0. The lowest BCUT2D eigenvalue weighted by atomic mass is 10.3. The molecule has 0 spiro atoms. The Hall–Kier alpha value is -2.40. The monoisotopic (exact) mass is 300 g/mol. The number of methoxy groups -OCH3 is 2. The quantitative estimate of drug-likeness (QED) is 0.691. The third-order valence-corrected chi connectivity index (χ3v) is 4.18. The zero-order valence-corrected chi connectivity index (χ0v) is 12.7. The van der Waals surface area contributed by atoms with E-state index in [1.807, 2.05) is 60.9 Å². The fourth-order valence-corrected chi connectivity index (χ4v) is 2.83. The van der Waals surface area contributed by atoms with Crippen molar-refractivity contribution < 1.29 is 17.4 Å². The number of benzene rings is 2. The van der Waals surface area contributed by atoms with Gasteiger partial charge in [0.2, 0.25) is 11.4 Å². The van der Waals surface area contributed by atoms with E-state index in [0.29, 0.717) is 0 Å². The third kappa shape index (κ3) is 2.87. The molecule has 0 saturated carbocycles. The van der Waals surface area contributed by atoms with E-state index in [0.717, 1.165) is 22.9 Å². The number of ether oxygens (including phenoxy) is 2. The summed E-state index contributed by atoms with van der Waals surface area (Å²) < 4.78 is 14.6. The van der Waals surface area contributed by atoms with Crippen LogP contribution in [0.15, 0.2) is 60.9 Å². The summed E-state index contributed by atoms with van der Waals surface area (Å²) in [6.45, 7) is 0. The fourth-order valence-electron chi connectivity index (χ4n) is 2.00. The number of rotatable bonds is 4. The van der Waals surface area contributed by atoms with Gasteiger partial charge in [0.1, 0.15) is 11.5 Å². The minimum absolute atomic E-state index is 0.860. The Morgan fingerprint density at radius 1 is 0.667 bits per heavy atom. The predicted octanol–water partition coefficient (Wildman–Crippen LogP) is 2.32. The maximum atomic E-state index is 5.18. The molecule has 2 aromatic carbocycles. The molecule has 21 heavy (non-hydrogen) atoms. The van der Waals surface area contributed by atoms with Crippen LogP contribution in [-0.4, -0.2) is 14.2 Å². The van der Waals surface area contributed by atoms with Gasteiger partial charge in [-0.25, -0.2) is 0 Å². The van der Waals surface area contributed by atoms with Crippen LogP contribution < -0.4 is 17.4 Å². The first-order chi connectivity index (χ1) is 10.3. The lowest BCUT2D eigenvalue weighted by Crippen LogP contribution is -2.30. The van der Waals surface area contributed by atoms with E-state index in [-0.39, 0.29) is 0 Å². The molecule has 4 nitrogen and oxygen atoms in total. The zero-order valence-electron chi connectivity index (χ0n) is 11.9. The van der Waals surface area contributed by atoms with Crippen molar-refractivity contribution >= 4 is 11.7 Å². The second-order valence-electron chi connectivity index (χ2n) is 4.43. The fraction of sp³-hybridized carbons (Fsp3) is 0.125. The van der Waals surface area contributed by atoms with Gasteiger partial charge in [0.25, 0.3) is 12.4 Å². The Bertz CT molecular complexity index is 659. The smallest absolute Gasteiger partial charge is 0.448 e. The Morgan fingerprint density at radius 2 is 1.05 bits per heavy atom. The van der Waals surface area contributed by atoms with Crippen molar-refractivity contribution in [2.45, 2.75) is 0 Å². The van der Waals surface area contributed by atoms with Crippen LogP contribution in [-0.2, 0) is 0 Å². The SMILES string of the molecule is COc1ccc(-[n+]2cc[n+](-c3ccc(OC)cc3)s2)cc1. The van der Waals surface area contributed by atoms with Gasteiger partial charge in [-0.1, -0.05) is 0 Å². The first-order valence-corrected chi connectivity index (χ1v) is 7.26. The van der Waals surface area contributed by atoms with E-state index >= 15 is 0 Å². The minimum Gasteiger partial charge on any atom is -0.497 e. The molecule has 106 valence electrons. The van der Waals surface area contributed by atoms with E-state index < -0.39 is 0 Å². The molecule has 3 rings (SSSR count). The highest BCUT2D eigenvalue weighted by atomic mass is 32.1. The van der Waals surface area contributed by atoms with Crippen LogP contribution >= 0.6 is 11.7 Å². The van der Waals surface area contributed by atoms with E-state index in [1.54, 1.807) is 25.9 Å². The standard InChI is InChI=1S/C16H16N2O2S/c1-19-15-7-3-13(4-8-15)17-11-12-18(21-17)14-5-9-16(20-2)10-6-14/h3-12H,1-2H3/q+2. The highest BCUT2D eigenvalue weighted by molar-refractivity contribution is 6.90. The van der Waals surface area contributed by atoms with Crippen LogP contribution in [0.2, 0.25) is 0 Å². The molecule has 0 amide bonds. The van der Waals surface area contributed by atoms with Crippen molar-refractivity contribution in [3.8, 4) is 22.9 Å². The molecule has 1 aromatic heterocycles. The van der Waals surface area contributed by atoms with Gasteiger partial charge in [0, 0.05) is 24.3 Å². The number of hydrogen-bond acceptors (Lipinski definition) is 3. The van der Waals surface area contributed by atoms with Crippen LogP contribution in [0.4, 0.5) is 0 Å². The van der Waals surface area contributed by atoms with E-state index in [4.69, 9.17) is 9.47 Å². The third-order valence-electron chi connectivity index (χ3n) is 3.17. The van der Waals surface area contributed by atoms with E-state index in [2.05, 4.69) is 7.91 Å². The Balaban J connectivity index is 1.87. The summed E-state index contributed by atoms with van der Waals surface area (Å²) in [6, 6.07) is 16.0. The van der Waals surface area contributed by atoms with Crippen molar-refractivity contribution in [2.75, 3.05) is 14.2 Å². The molecule has 0 aliphatic heterocycles. The lowest BCUT2D eigenvalue weighted by Gasteiger charge is -1.96. The molecule has 1 heterocycles. The second kappa shape index (κ2) is 5.93. The van der Waals surface area contributed by atoms with Crippen molar-refractivity contribution in [3.05, 3.63) is 60.9 Å². The maximum absolute atomic E-state index is 5.18. The summed E-state index contributed by atoms with van der Waals surface area (Å²) >= 11 is 1.62. The first kappa shape index (κ1) is 13.6. The topological polar surface area (TPSA) is 26.2 Å². The molecule has 0 atom stereocenters. The first-order valence-electron chi connectivity index (χ1n) is 6.53. The van der Waals surface area contributed by atoms with Crippen molar-refractivity contribution in [3.63, 3.8) is 0 Å². The molecule has 0 saturated heterocycles. The van der Waals surface area contributed by atoms with E-state index in [9.17, 15) is 0 Å². The van der Waals surface area contributed by atoms with Gasteiger partial charge >= 0.3 is 11.7 Å². The van der Waals surface area contributed by atoms with Gasteiger partial charge in [-0.3, -0.25) is 0 Å². The van der Waals surface area contributed by atoms with Crippen molar-refractivity contribution in [2.24, 2.45) is 0 Å². The highest BCUT2D eigenvalue weighted by Gasteiger charge is 2.20. The summed E-state index contributed by atoms with van der Waals surface area (Å²) in [4.78, 5) is 0. The van der Waals surface area contributed by atoms with Gasteiger partial charge in [0.05, 0.1) is 14.2 Å². The molecule has 0 unspecified atom stereocenters. The molecule has 0 bridgehead atoms. The summed E-state index contributed by atoms with van der Waals surface area (Å²) in [7, 11) is 3.34. The second-order valence-corrected chi connectivity index (χ2v) is 5.38. The van der Waals surface area contributed by atoms with E-state index in [1.165, 1.54) is 0 Å². The van der Waals surface area contributed by atoms with Crippen LogP contribution in [0.5, 0.6) is 11.5 Å². The summed E-state index contributed by atoms with van der Waals surface area (Å²) in [5.41, 5.74) is 2.21. The van der Waals surface area contributed by atoms with Gasteiger partial charge in [-0.15, -0.1) is 0 Å². The molecule has 5 heteroatoms. The molecule has 3 aromatic rings. The number of nitrogens with zero attached hydrogens (tertiary/aromatic N) is 2. The minimum atomic E-state index is 0.860. The van der Waals surface area contributed by atoms with Crippen LogP contribution in [0.1, 0.15) is 0 Å². The van der Waals surface area contributed by atoms with Gasteiger partial charge in [-0.2, -0.15) is 0 Å². The van der Waals surface area contributed by atoms with Gasteiger partial charge in [-0.05, 0) is 32.2 Å². The van der Waals surface area contributed by atoms with Crippen LogP contribution in [0, 0.1) is 0 Å². The molecular formula is C16H16N2O2S+2. The van der Waals surface area contributed by atoms with Gasteiger partial charge < -0.3 is 9.47 Å². The van der Waals surface area contributed by atoms with Crippen LogP contribution in [0.3, 0.4) is 0 Å². The molecule has 0 aliphatic rings. The van der Waals surface area contributed by atoms with Crippen LogP contribution in [0.25, 0.3) is 11.4 Å². The largest absolute Gasteiger partial charge is 0.497 e. The summed E-state index contributed by atoms with van der Waals surface area (Å²) in [6.07, 6.45) is 4.08. The Labute approximate surface area is 127 Å². The normalized spacial score (nSPS) is 10.4. The molecule has 0 aliphatic carbocycles. The summed E-state index contributed by atoms with van der Waals surface area (Å²) in [5, 5.41) is 0. The molecule has 0 fully saturated rings. The average molecular weight is 300 g/mol. The average Bonchev–Trinajstić information content (AvgIpc) is 3.05. The summed E-state index contributed by atoms with van der Waals surface area (Å²) in [5.74, 6) is 1.72. The molecule has 0 N–H and O–H groups in total. The van der Waals surface area contributed by atoms with Crippen molar-refractivity contribution in [1.82, 2.24) is 0 Å². The number of aromatic nitrogens is 2. The highest BCUT2D eigenvalue weighted by Crippen LogP contribution is 2.13. The lowest BCUT2D eigenvalue weighted by molar-refractivity contribution is -0.567. The predicted molar refractivity (Wildman–Crippen MR) is 80.5 cm³/mol. The van der Waals surface area contributed by atoms with Crippen molar-refractivity contribution in [1.29, 1.82) is 0 Å². The maximum Gasteiger partial charge on any atom is 0.448 e. The molecule has 0 radical (unpaired) electrons. The van der Waals surface area contributed by atoms with Gasteiger partial charge in [0.15, 0.2) is 0 Å². The Kier molecular flexibility index (Phi) is 3.83. The zero-order chi connectivity index (χ0) is 14.7. The molecular weight excluding hydrogens is 284 g/mol. The Morgan fingerprint density at radius 3 is 1.38 bits per heavy atom.